The van der Waals surface area contributed by atoms with Crippen LogP contribution in [0.15, 0.2) is 12.2 Å². The lowest BCUT2D eigenvalue weighted by Crippen LogP contribution is -2.44. The van der Waals surface area contributed by atoms with Gasteiger partial charge in [-0.3, -0.25) is 9.63 Å². The molecule has 1 heterocycles. The quantitative estimate of drug-likeness (QED) is 0.580. The minimum absolute atomic E-state index is 0.196. The number of carbonyl (C=O) groups excluding carboxylic acids is 1. The molecule has 0 aromatic carbocycles. The zero-order valence-electron chi connectivity index (χ0n) is 11.6. The van der Waals surface area contributed by atoms with E-state index in [9.17, 15) is 4.79 Å². The third kappa shape index (κ3) is 2.70. The second-order valence-corrected chi connectivity index (χ2v) is 5.92. The van der Waals surface area contributed by atoms with Gasteiger partial charge in [-0.1, -0.05) is 31.4 Å². The first kappa shape index (κ1) is 13.1. The van der Waals surface area contributed by atoms with Gasteiger partial charge < -0.3 is 4.74 Å². The van der Waals surface area contributed by atoms with Gasteiger partial charge in [0.25, 0.3) is 0 Å². The maximum atomic E-state index is 11.1. The molecule has 0 spiro atoms. The van der Waals surface area contributed by atoms with Crippen molar-refractivity contribution in [1.82, 2.24) is 5.06 Å². The second kappa shape index (κ2) is 5.63. The molecule has 0 unspecified atom stereocenters. The standard InChI is InChI=1S/C15H23NO3/c1-11(17)18-10-14-13-8-5-9-15(13)19-16(14)12-6-3-2-4-7-12/h5,9,12-15H,2-4,6-8,10H2,1H3/t13-,14-,15-/m0/s1. The fourth-order valence-electron chi connectivity index (χ4n) is 3.64. The van der Waals surface area contributed by atoms with E-state index in [0.29, 0.717) is 18.6 Å². The number of nitrogens with zero attached hydrogens (tertiary/aromatic N) is 1. The molecule has 0 aromatic heterocycles. The van der Waals surface area contributed by atoms with Gasteiger partial charge in [0.1, 0.15) is 12.7 Å². The van der Waals surface area contributed by atoms with Crippen molar-refractivity contribution in [2.24, 2.45) is 5.92 Å². The molecule has 4 heteroatoms. The molecule has 1 saturated carbocycles. The van der Waals surface area contributed by atoms with E-state index in [1.165, 1.54) is 39.0 Å². The summed E-state index contributed by atoms with van der Waals surface area (Å²) < 4.78 is 5.27. The van der Waals surface area contributed by atoms with Crippen LogP contribution in [0.25, 0.3) is 0 Å². The largest absolute Gasteiger partial charge is 0.464 e. The predicted molar refractivity (Wildman–Crippen MR) is 71.3 cm³/mol. The van der Waals surface area contributed by atoms with Crippen molar-refractivity contribution in [3.63, 3.8) is 0 Å². The highest BCUT2D eigenvalue weighted by Crippen LogP contribution is 2.39. The summed E-state index contributed by atoms with van der Waals surface area (Å²) in [7, 11) is 0. The first-order valence-corrected chi connectivity index (χ1v) is 7.51. The molecule has 0 aromatic rings. The highest BCUT2D eigenvalue weighted by atomic mass is 16.7. The van der Waals surface area contributed by atoms with Crippen LogP contribution in [-0.4, -0.2) is 35.8 Å². The number of fused-ring (bicyclic) bond motifs is 1. The summed E-state index contributed by atoms with van der Waals surface area (Å²) in [6.07, 6.45) is 11.9. The van der Waals surface area contributed by atoms with Crippen LogP contribution in [0.1, 0.15) is 45.4 Å². The van der Waals surface area contributed by atoms with Gasteiger partial charge >= 0.3 is 5.97 Å². The molecule has 1 aliphatic heterocycles. The van der Waals surface area contributed by atoms with E-state index in [-0.39, 0.29) is 18.1 Å². The van der Waals surface area contributed by atoms with Crippen molar-refractivity contribution in [1.29, 1.82) is 0 Å². The molecule has 2 fully saturated rings. The number of esters is 1. The average Bonchev–Trinajstić information content (AvgIpc) is 2.98. The molecule has 0 amide bonds. The predicted octanol–water partition coefficient (Wildman–Crippen LogP) is 2.44. The van der Waals surface area contributed by atoms with Gasteiger partial charge in [0.2, 0.25) is 0 Å². The Morgan fingerprint density at radius 2 is 2.16 bits per heavy atom. The van der Waals surface area contributed by atoms with E-state index in [1.807, 2.05) is 0 Å². The van der Waals surface area contributed by atoms with Crippen molar-refractivity contribution in [3.05, 3.63) is 12.2 Å². The highest BCUT2D eigenvalue weighted by Gasteiger charge is 2.46. The molecule has 4 nitrogen and oxygen atoms in total. The fourth-order valence-corrected chi connectivity index (χ4v) is 3.64. The lowest BCUT2D eigenvalue weighted by Gasteiger charge is -2.34. The Bertz CT molecular complexity index is 362. The minimum atomic E-state index is -0.196. The Labute approximate surface area is 114 Å². The van der Waals surface area contributed by atoms with E-state index in [1.54, 1.807) is 0 Å². The summed E-state index contributed by atoms with van der Waals surface area (Å²) in [4.78, 5) is 17.2. The Morgan fingerprint density at radius 3 is 2.89 bits per heavy atom. The number of ether oxygens (including phenoxy) is 1. The van der Waals surface area contributed by atoms with E-state index >= 15 is 0 Å². The topological polar surface area (TPSA) is 38.8 Å². The smallest absolute Gasteiger partial charge is 0.302 e. The molecular formula is C15H23NO3. The van der Waals surface area contributed by atoms with Crippen LogP contribution in [0, 0.1) is 5.92 Å². The molecule has 0 N–H and O–H groups in total. The first-order valence-electron chi connectivity index (χ1n) is 7.51. The van der Waals surface area contributed by atoms with Gasteiger partial charge in [-0.15, -0.1) is 0 Å². The number of rotatable bonds is 3. The average molecular weight is 265 g/mol. The van der Waals surface area contributed by atoms with Crippen molar-refractivity contribution in [2.45, 2.75) is 63.6 Å². The van der Waals surface area contributed by atoms with Gasteiger partial charge in [0.15, 0.2) is 0 Å². The maximum Gasteiger partial charge on any atom is 0.302 e. The van der Waals surface area contributed by atoms with Crippen LogP contribution in [0.5, 0.6) is 0 Å². The van der Waals surface area contributed by atoms with E-state index in [4.69, 9.17) is 9.57 Å². The molecule has 2 aliphatic carbocycles. The normalized spacial score (nSPS) is 35.5. The molecular weight excluding hydrogens is 242 g/mol. The summed E-state index contributed by atoms with van der Waals surface area (Å²) in [5, 5.41) is 2.17. The molecule has 0 bridgehead atoms. The monoisotopic (exact) mass is 265 g/mol. The number of allylic oxidation sites excluding steroid dienone is 1. The van der Waals surface area contributed by atoms with E-state index < -0.39 is 0 Å². The Morgan fingerprint density at radius 1 is 1.37 bits per heavy atom. The first-order chi connectivity index (χ1) is 9.25. The Hall–Kier alpha value is -0.870. The molecule has 3 rings (SSSR count). The summed E-state index contributed by atoms with van der Waals surface area (Å²) >= 11 is 0. The summed E-state index contributed by atoms with van der Waals surface area (Å²) in [6, 6.07) is 0.736. The van der Waals surface area contributed by atoms with E-state index in [2.05, 4.69) is 17.2 Å². The highest BCUT2D eigenvalue weighted by molar-refractivity contribution is 5.65. The number of hydrogen-bond acceptors (Lipinski definition) is 4. The summed E-state index contributed by atoms with van der Waals surface area (Å²) in [5.41, 5.74) is 0. The molecule has 3 aliphatic rings. The molecule has 3 atom stereocenters. The van der Waals surface area contributed by atoms with Crippen LogP contribution in [-0.2, 0) is 14.4 Å². The van der Waals surface area contributed by atoms with E-state index in [0.717, 1.165) is 6.42 Å². The van der Waals surface area contributed by atoms with Crippen LogP contribution >= 0.6 is 0 Å². The second-order valence-electron chi connectivity index (χ2n) is 5.92. The molecule has 19 heavy (non-hydrogen) atoms. The van der Waals surface area contributed by atoms with Gasteiger partial charge in [-0.05, 0) is 19.3 Å². The van der Waals surface area contributed by atoms with Gasteiger partial charge in [-0.25, -0.2) is 0 Å². The van der Waals surface area contributed by atoms with Crippen molar-refractivity contribution in [2.75, 3.05) is 6.61 Å². The van der Waals surface area contributed by atoms with Gasteiger partial charge in [-0.2, -0.15) is 5.06 Å². The lowest BCUT2D eigenvalue weighted by molar-refractivity contribution is -0.193. The number of hydrogen-bond donors (Lipinski definition) is 0. The van der Waals surface area contributed by atoms with Crippen LogP contribution in [0.3, 0.4) is 0 Å². The summed E-state index contributed by atoms with van der Waals surface area (Å²) in [6.45, 7) is 1.94. The zero-order chi connectivity index (χ0) is 13.2. The van der Waals surface area contributed by atoms with Crippen molar-refractivity contribution in [3.8, 4) is 0 Å². The zero-order valence-corrected chi connectivity index (χ0v) is 11.6. The van der Waals surface area contributed by atoms with Crippen molar-refractivity contribution < 1.29 is 14.4 Å². The van der Waals surface area contributed by atoms with Crippen LogP contribution < -0.4 is 0 Å². The SMILES string of the molecule is CC(=O)OC[C@H]1[C@@H]2CC=C[C@@H]2ON1C1CCCCC1. The Kier molecular flexibility index (Phi) is 3.89. The van der Waals surface area contributed by atoms with Crippen LogP contribution in [0.2, 0.25) is 0 Å². The summed E-state index contributed by atoms with van der Waals surface area (Å²) in [5.74, 6) is 0.263. The number of hydroxylamine groups is 2. The fraction of sp³-hybridized carbons (Fsp3) is 0.800. The molecule has 1 saturated heterocycles. The maximum absolute atomic E-state index is 11.1. The third-order valence-electron chi connectivity index (χ3n) is 4.61. The minimum Gasteiger partial charge on any atom is -0.464 e. The molecule has 106 valence electrons. The molecule has 0 radical (unpaired) electrons. The van der Waals surface area contributed by atoms with Crippen LogP contribution in [0.4, 0.5) is 0 Å². The van der Waals surface area contributed by atoms with Gasteiger partial charge in [0.05, 0.1) is 6.04 Å². The van der Waals surface area contributed by atoms with Gasteiger partial charge in [0, 0.05) is 18.9 Å². The van der Waals surface area contributed by atoms with Crippen molar-refractivity contribution >= 4 is 5.97 Å². The number of carbonyl (C=O) groups is 1. The third-order valence-corrected chi connectivity index (χ3v) is 4.61. The lowest BCUT2D eigenvalue weighted by atomic mass is 9.91. The Balaban J connectivity index is 1.69.